The average Bonchev–Trinajstić information content (AvgIpc) is 3.10. The first-order valence-corrected chi connectivity index (χ1v) is 9.63. The summed E-state index contributed by atoms with van der Waals surface area (Å²) >= 11 is 6.07. The number of halogens is 1. The molecule has 0 fully saturated rings. The van der Waals surface area contributed by atoms with Gasteiger partial charge < -0.3 is 5.32 Å². The van der Waals surface area contributed by atoms with Crippen LogP contribution in [0.5, 0.6) is 0 Å². The molecule has 4 rings (SSSR count). The number of anilines is 1. The summed E-state index contributed by atoms with van der Waals surface area (Å²) in [7, 11) is 0. The van der Waals surface area contributed by atoms with Crippen LogP contribution < -0.4 is 10.9 Å². The zero-order chi connectivity index (χ0) is 21.1. The van der Waals surface area contributed by atoms with Crippen molar-refractivity contribution in [3.8, 4) is 16.9 Å². The van der Waals surface area contributed by atoms with E-state index in [4.69, 9.17) is 11.6 Å². The second-order valence-corrected chi connectivity index (χ2v) is 7.13. The second-order valence-electron chi connectivity index (χ2n) is 6.69. The first-order chi connectivity index (χ1) is 14.5. The molecule has 0 bridgehead atoms. The predicted octanol–water partition coefficient (Wildman–Crippen LogP) is 3.70. The summed E-state index contributed by atoms with van der Waals surface area (Å²) in [5, 5.41) is 12.1. The van der Waals surface area contributed by atoms with Gasteiger partial charge in [-0.1, -0.05) is 48.0 Å². The van der Waals surface area contributed by atoms with E-state index in [1.807, 2.05) is 43.3 Å². The summed E-state index contributed by atoms with van der Waals surface area (Å²) in [6.07, 6.45) is 0. The molecule has 8 heteroatoms. The quantitative estimate of drug-likeness (QED) is 0.534. The van der Waals surface area contributed by atoms with E-state index < -0.39 is 5.91 Å². The van der Waals surface area contributed by atoms with Crippen molar-refractivity contribution in [2.45, 2.75) is 13.5 Å². The third-order valence-electron chi connectivity index (χ3n) is 4.38. The van der Waals surface area contributed by atoms with Crippen LogP contribution in [0, 0.1) is 6.92 Å². The van der Waals surface area contributed by atoms with Crippen molar-refractivity contribution in [3.05, 3.63) is 93.9 Å². The fraction of sp³-hybridized carbons (Fsp3) is 0.0909. The van der Waals surface area contributed by atoms with Crippen LogP contribution in [-0.2, 0) is 11.3 Å². The Morgan fingerprint density at radius 3 is 2.57 bits per heavy atom. The SMILES string of the molecule is Cc1cc(NC(=O)Cn2nc(-c3ccccc3)ccc2=O)n(-c2cccc(Cl)c2)n1. The maximum Gasteiger partial charge on any atom is 0.267 e. The molecular formula is C22H18ClN5O2. The van der Waals surface area contributed by atoms with Crippen LogP contribution in [0.25, 0.3) is 16.9 Å². The molecular weight excluding hydrogens is 402 g/mol. The highest BCUT2D eigenvalue weighted by molar-refractivity contribution is 6.30. The normalized spacial score (nSPS) is 10.7. The van der Waals surface area contributed by atoms with Gasteiger partial charge in [0.25, 0.3) is 5.56 Å². The van der Waals surface area contributed by atoms with Crippen molar-refractivity contribution in [3.63, 3.8) is 0 Å². The number of rotatable bonds is 5. The number of aromatic nitrogens is 4. The third kappa shape index (κ3) is 4.31. The predicted molar refractivity (Wildman–Crippen MR) is 116 cm³/mol. The molecule has 7 nitrogen and oxygen atoms in total. The second kappa shape index (κ2) is 8.34. The van der Waals surface area contributed by atoms with Gasteiger partial charge in [0.2, 0.25) is 5.91 Å². The van der Waals surface area contributed by atoms with Crippen molar-refractivity contribution in [2.24, 2.45) is 0 Å². The lowest BCUT2D eigenvalue weighted by molar-refractivity contribution is -0.117. The van der Waals surface area contributed by atoms with Crippen LogP contribution in [0.15, 0.2) is 77.6 Å². The van der Waals surface area contributed by atoms with Gasteiger partial charge in [0.15, 0.2) is 0 Å². The Kier molecular flexibility index (Phi) is 5.45. The van der Waals surface area contributed by atoms with Gasteiger partial charge in [-0.15, -0.1) is 0 Å². The van der Waals surface area contributed by atoms with Gasteiger partial charge in [-0.3, -0.25) is 9.59 Å². The van der Waals surface area contributed by atoms with Gasteiger partial charge in [0.05, 0.1) is 17.1 Å². The van der Waals surface area contributed by atoms with Gasteiger partial charge in [-0.05, 0) is 31.2 Å². The van der Waals surface area contributed by atoms with E-state index in [1.165, 1.54) is 6.07 Å². The highest BCUT2D eigenvalue weighted by Crippen LogP contribution is 2.20. The maximum atomic E-state index is 12.7. The van der Waals surface area contributed by atoms with E-state index in [2.05, 4.69) is 15.5 Å². The van der Waals surface area contributed by atoms with E-state index in [9.17, 15) is 9.59 Å². The van der Waals surface area contributed by atoms with E-state index in [-0.39, 0.29) is 12.1 Å². The molecule has 0 saturated heterocycles. The molecule has 1 N–H and O–H groups in total. The van der Waals surface area contributed by atoms with Crippen LogP contribution in [-0.4, -0.2) is 25.5 Å². The summed E-state index contributed by atoms with van der Waals surface area (Å²) in [5.74, 6) is 0.0880. The fourth-order valence-corrected chi connectivity index (χ4v) is 3.22. The Bertz CT molecular complexity index is 1260. The van der Waals surface area contributed by atoms with Crippen LogP contribution in [0.1, 0.15) is 5.69 Å². The number of hydrogen-bond donors (Lipinski definition) is 1. The molecule has 0 aliphatic carbocycles. The minimum atomic E-state index is -0.391. The van der Waals surface area contributed by atoms with Crippen molar-refractivity contribution in [2.75, 3.05) is 5.32 Å². The molecule has 0 atom stereocenters. The lowest BCUT2D eigenvalue weighted by Crippen LogP contribution is -2.29. The van der Waals surface area contributed by atoms with Crippen LogP contribution in [0.3, 0.4) is 0 Å². The monoisotopic (exact) mass is 419 g/mol. The number of carbonyl (C=O) groups excluding carboxylic acids is 1. The van der Waals surface area contributed by atoms with Crippen molar-refractivity contribution < 1.29 is 4.79 Å². The summed E-state index contributed by atoms with van der Waals surface area (Å²) < 4.78 is 2.74. The zero-order valence-corrected chi connectivity index (χ0v) is 16.9. The number of amides is 1. The number of nitrogens with zero attached hydrogens (tertiary/aromatic N) is 4. The highest BCUT2D eigenvalue weighted by atomic mass is 35.5. The molecule has 4 aromatic rings. The van der Waals surface area contributed by atoms with Crippen molar-refractivity contribution >= 4 is 23.3 Å². The standard InChI is InChI=1S/C22H18ClN5O2/c1-15-12-20(28(25-15)18-9-5-8-17(23)13-18)24-21(29)14-27-22(30)11-10-19(26-27)16-6-3-2-4-7-16/h2-13H,14H2,1H3,(H,24,29). The minimum absolute atomic E-state index is 0.223. The molecule has 2 aromatic heterocycles. The Hall–Kier alpha value is -3.71. The molecule has 0 unspecified atom stereocenters. The van der Waals surface area contributed by atoms with E-state index in [0.29, 0.717) is 22.2 Å². The van der Waals surface area contributed by atoms with E-state index >= 15 is 0 Å². The topological polar surface area (TPSA) is 81.8 Å². The molecule has 2 aromatic carbocycles. The molecule has 0 saturated carbocycles. The molecule has 0 aliphatic rings. The van der Waals surface area contributed by atoms with Crippen molar-refractivity contribution in [1.82, 2.24) is 19.6 Å². The maximum absolute atomic E-state index is 12.7. The summed E-state index contributed by atoms with van der Waals surface area (Å²) in [6, 6.07) is 21.4. The van der Waals surface area contributed by atoms with Gasteiger partial charge in [-0.25, -0.2) is 9.36 Å². The van der Waals surface area contributed by atoms with E-state index in [0.717, 1.165) is 15.9 Å². The largest absolute Gasteiger partial charge is 0.309 e. The third-order valence-corrected chi connectivity index (χ3v) is 4.62. The number of aryl methyl sites for hydroxylation is 1. The number of hydrogen-bond acceptors (Lipinski definition) is 4. The summed E-state index contributed by atoms with van der Waals surface area (Å²) in [6.45, 7) is 1.60. The van der Waals surface area contributed by atoms with Crippen molar-refractivity contribution in [1.29, 1.82) is 0 Å². The first kappa shape index (κ1) is 19.6. The molecule has 1 amide bonds. The minimum Gasteiger partial charge on any atom is -0.309 e. The fourth-order valence-electron chi connectivity index (χ4n) is 3.04. The first-order valence-electron chi connectivity index (χ1n) is 9.26. The van der Waals surface area contributed by atoms with Crippen LogP contribution >= 0.6 is 11.6 Å². The van der Waals surface area contributed by atoms with Crippen LogP contribution in [0.4, 0.5) is 5.82 Å². The van der Waals surface area contributed by atoms with Gasteiger partial charge in [0, 0.05) is 22.7 Å². The molecule has 0 radical (unpaired) electrons. The smallest absolute Gasteiger partial charge is 0.267 e. The molecule has 30 heavy (non-hydrogen) atoms. The van der Waals surface area contributed by atoms with Gasteiger partial charge in [-0.2, -0.15) is 10.2 Å². The van der Waals surface area contributed by atoms with E-state index in [1.54, 1.807) is 35.0 Å². The molecule has 150 valence electrons. The van der Waals surface area contributed by atoms with Crippen LogP contribution in [0.2, 0.25) is 5.02 Å². The van der Waals surface area contributed by atoms with Gasteiger partial charge >= 0.3 is 0 Å². The Morgan fingerprint density at radius 1 is 1.00 bits per heavy atom. The van der Waals surface area contributed by atoms with Gasteiger partial charge in [0.1, 0.15) is 12.4 Å². The molecule has 0 aliphatic heterocycles. The summed E-state index contributed by atoms with van der Waals surface area (Å²) in [5.41, 5.74) is 2.56. The highest BCUT2D eigenvalue weighted by Gasteiger charge is 2.13. The zero-order valence-electron chi connectivity index (χ0n) is 16.1. The molecule has 2 heterocycles. The average molecular weight is 420 g/mol. The number of benzene rings is 2. The lowest BCUT2D eigenvalue weighted by Gasteiger charge is -2.10. The number of nitrogens with one attached hydrogen (secondary N) is 1. The Labute approximate surface area is 177 Å². The lowest BCUT2D eigenvalue weighted by atomic mass is 10.1. The summed E-state index contributed by atoms with van der Waals surface area (Å²) in [4.78, 5) is 24.9. The number of carbonyl (C=O) groups is 1. The molecule has 0 spiro atoms. The Balaban J connectivity index is 1.57. The Morgan fingerprint density at radius 2 is 1.80 bits per heavy atom.